The number of benzene rings is 2. The second-order valence-corrected chi connectivity index (χ2v) is 8.95. The van der Waals surface area contributed by atoms with Crippen LogP contribution in [0.15, 0.2) is 59.5 Å². The number of carbonyl (C=O) groups is 2. The molecule has 7 nitrogen and oxygen atoms in total. The average molecular weight is 498 g/mol. The Balaban J connectivity index is 1.88. The molecule has 0 spiro atoms. The molecule has 1 heterocycles. The van der Waals surface area contributed by atoms with E-state index in [9.17, 15) is 23.1 Å². The van der Waals surface area contributed by atoms with Crippen molar-refractivity contribution in [2.45, 2.75) is 4.90 Å². The summed E-state index contributed by atoms with van der Waals surface area (Å²) in [6.45, 7) is 0.590. The first kappa shape index (κ1) is 19.5. The van der Waals surface area contributed by atoms with Crippen LogP contribution in [0.2, 0.25) is 0 Å². The van der Waals surface area contributed by atoms with E-state index in [2.05, 4.69) is 5.32 Å². The number of rotatable bonds is 5. The first-order valence-corrected chi connectivity index (χ1v) is 10.4. The van der Waals surface area contributed by atoms with Gasteiger partial charge in [0.25, 0.3) is 5.91 Å². The van der Waals surface area contributed by atoms with Gasteiger partial charge in [-0.15, -0.1) is 0 Å². The molecule has 1 aliphatic heterocycles. The number of carbonyl (C=O) groups excluding carboxylic acids is 1. The number of anilines is 1. The molecule has 0 atom stereocenters. The molecule has 1 aliphatic rings. The van der Waals surface area contributed by atoms with Gasteiger partial charge in [0.2, 0.25) is 10.0 Å². The number of halogens is 1. The largest absolute Gasteiger partial charge is 0.478 e. The van der Waals surface area contributed by atoms with Crippen molar-refractivity contribution in [2.24, 2.45) is 0 Å². The molecule has 3 rings (SSSR count). The average Bonchev–Trinajstić information content (AvgIpc) is 3.18. The minimum Gasteiger partial charge on any atom is -0.478 e. The van der Waals surface area contributed by atoms with Crippen LogP contribution in [-0.4, -0.2) is 42.8 Å². The first-order valence-electron chi connectivity index (χ1n) is 7.88. The lowest BCUT2D eigenvalue weighted by Crippen LogP contribution is -2.28. The Bertz CT molecular complexity index is 1040. The van der Waals surface area contributed by atoms with Crippen LogP contribution >= 0.6 is 22.6 Å². The molecular formula is C18H15IN2O5S. The predicted octanol–water partition coefficient (Wildman–Crippen LogP) is 2.80. The Hall–Kier alpha value is -2.24. The molecule has 0 bridgehead atoms. The van der Waals surface area contributed by atoms with Crippen LogP contribution in [0.1, 0.15) is 20.7 Å². The van der Waals surface area contributed by atoms with E-state index >= 15 is 0 Å². The van der Waals surface area contributed by atoms with Crippen molar-refractivity contribution in [1.82, 2.24) is 4.31 Å². The fourth-order valence-corrected chi connectivity index (χ4v) is 4.48. The van der Waals surface area contributed by atoms with Gasteiger partial charge in [-0.2, -0.15) is 4.31 Å². The van der Waals surface area contributed by atoms with E-state index in [4.69, 9.17) is 0 Å². The molecule has 2 aromatic carbocycles. The molecule has 0 unspecified atom stereocenters. The summed E-state index contributed by atoms with van der Waals surface area (Å²) in [4.78, 5) is 23.9. The van der Waals surface area contributed by atoms with Crippen LogP contribution in [0.5, 0.6) is 0 Å². The lowest BCUT2D eigenvalue weighted by Gasteiger charge is -2.16. The Morgan fingerprint density at radius 3 is 2.44 bits per heavy atom. The van der Waals surface area contributed by atoms with Gasteiger partial charge in [-0.05, 0) is 59.0 Å². The minimum absolute atomic E-state index is 0.0138. The highest BCUT2D eigenvalue weighted by atomic mass is 127. The van der Waals surface area contributed by atoms with Crippen molar-refractivity contribution in [3.05, 3.63) is 69.3 Å². The van der Waals surface area contributed by atoms with Crippen LogP contribution in [0.25, 0.3) is 0 Å². The molecule has 2 N–H and O–H groups in total. The highest BCUT2D eigenvalue weighted by molar-refractivity contribution is 14.1. The number of amides is 1. The number of aromatic carboxylic acids is 1. The van der Waals surface area contributed by atoms with E-state index in [1.54, 1.807) is 18.2 Å². The maximum Gasteiger partial charge on any atom is 0.337 e. The van der Waals surface area contributed by atoms with Crippen LogP contribution in [0.4, 0.5) is 5.69 Å². The summed E-state index contributed by atoms with van der Waals surface area (Å²) in [5.74, 6) is -1.75. The van der Waals surface area contributed by atoms with E-state index in [-0.39, 0.29) is 21.7 Å². The van der Waals surface area contributed by atoms with Gasteiger partial charge in [0, 0.05) is 22.2 Å². The Morgan fingerprint density at radius 2 is 1.78 bits per heavy atom. The maximum absolute atomic E-state index is 12.6. The summed E-state index contributed by atoms with van der Waals surface area (Å²) >= 11 is 1.98. The van der Waals surface area contributed by atoms with Crippen LogP contribution in [0, 0.1) is 3.57 Å². The summed E-state index contributed by atoms with van der Waals surface area (Å²) in [5.41, 5.74) is 0.227. The zero-order valence-electron chi connectivity index (χ0n) is 13.9. The molecule has 27 heavy (non-hydrogen) atoms. The predicted molar refractivity (Wildman–Crippen MR) is 108 cm³/mol. The van der Waals surface area contributed by atoms with Gasteiger partial charge in [-0.1, -0.05) is 18.2 Å². The topological polar surface area (TPSA) is 104 Å². The molecule has 0 aliphatic carbocycles. The zero-order chi connectivity index (χ0) is 19.6. The van der Waals surface area contributed by atoms with Crippen LogP contribution in [0.3, 0.4) is 0 Å². The van der Waals surface area contributed by atoms with Gasteiger partial charge in [0.15, 0.2) is 0 Å². The Morgan fingerprint density at radius 1 is 1.07 bits per heavy atom. The Labute approximate surface area is 169 Å². The van der Waals surface area contributed by atoms with E-state index in [1.165, 1.54) is 40.7 Å². The zero-order valence-corrected chi connectivity index (χ0v) is 16.9. The smallest absolute Gasteiger partial charge is 0.337 e. The monoisotopic (exact) mass is 498 g/mol. The van der Waals surface area contributed by atoms with E-state index < -0.39 is 21.9 Å². The normalized spacial score (nSPS) is 14.3. The fourth-order valence-electron chi connectivity index (χ4n) is 2.60. The first-order chi connectivity index (χ1) is 12.8. The molecule has 0 fully saturated rings. The summed E-state index contributed by atoms with van der Waals surface area (Å²) < 4.78 is 27.3. The van der Waals surface area contributed by atoms with Gasteiger partial charge in [-0.3, -0.25) is 4.79 Å². The minimum atomic E-state index is -3.70. The molecule has 1 amide bonds. The van der Waals surface area contributed by atoms with Crippen molar-refractivity contribution in [3.8, 4) is 0 Å². The highest BCUT2D eigenvalue weighted by Gasteiger charge is 2.25. The van der Waals surface area contributed by atoms with Crippen molar-refractivity contribution >= 4 is 50.2 Å². The number of carboxylic acid groups (broad SMARTS) is 1. The van der Waals surface area contributed by atoms with Crippen molar-refractivity contribution in [2.75, 3.05) is 18.4 Å². The van der Waals surface area contributed by atoms with Gasteiger partial charge in [-0.25, -0.2) is 13.2 Å². The lowest BCUT2D eigenvalue weighted by atomic mass is 10.1. The molecule has 0 radical (unpaired) electrons. The molecule has 0 saturated carbocycles. The second-order valence-electron chi connectivity index (χ2n) is 5.77. The number of nitrogens with zero attached hydrogens (tertiary/aromatic N) is 1. The number of nitrogens with one attached hydrogen (secondary N) is 1. The molecule has 0 saturated heterocycles. The molecule has 9 heteroatoms. The third-order valence-electron chi connectivity index (χ3n) is 3.98. The molecule has 0 aromatic heterocycles. The van der Waals surface area contributed by atoms with Gasteiger partial charge < -0.3 is 10.4 Å². The van der Waals surface area contributed by atoms with E-state index in [0.29, 0.717) is 13.1 Å². The third-order valence-corrected chi connectivity index (χ3v) is 6.48. The SMILES string of the molecule is O=C(Nc1ccc(I)cc1C(=O)O)c1cccc(S(=O)(=O)N2CC=CC2)c1. The van der Waals surface area contributed by atoms with Crippen molar-refractivity contribution in [3.63, 3.8) is 0 Å². The van der Waals surface area contributed by atoms with Crippen molar-refractivity contribution < 1.29 is 23.1 Å². The molecule has 2 aromatic rings. The van der Waals surface area contributed by atoms with Crippen LogP contribution in [-0.2, 0) is 10.0 Å². The third kappa shape index (κ3) is 4.20. The van der Waals surface area contributed by atoms with Gasteiger partial charge in [0.05, 0.1) is 16.1 Å². The summed E-state index contributed by atoms with van der Waals surface area (Å²) in [6.07, 6.45) is 3.52. The number of hydrogen-bond acceptors (Lipinski definition) is 4. The van der Waals surface area contributed by atoms with Gasteiger partial charge >= 0.3 is 5.97 Å². The summed E-state index contributed by atoms with van der Waals surface area (Å²) in [6, 6.07) is 10.3. The van der Waals surface area contributed by atoms with E-state index in [0.717, 1.165) is 3.57 Å². The summed E-state index contributed by atoms with van der Waals surface area (Å²) in [7, 11) is -3.70. The number of hydrogen-bond donors (Lipinski definition) is 2. The second kappa shape index (κ2) is 7.79. The quantitative estimate of drug-likeness (QED) is 0.488. The fraction of sp³-hybridized carbons (Fsp3) is 0.111. The Kier molecular flexibility index (Phi) is 5.63. The number of sulfonamides is 1. The number of carboxylic acids is 1. The van der Waals surface area contributed by atoms with Crippen molar-refractivity contribution in [1.29, 1.82) is 0 Å². The molecular weight excluding hydrogens is 483 g/mol. The van der Waals surface area contributed by atoms with Gasteiger partial charge in [0.1, 0.15) is 0 Å². The van der Waals surface area contributed by atoms with E-state index in [1.807, 2.05) is 22.6 Å². The standard InChI is InChI=1S/C18H15IN2O5S/c19-13-6-7-16(15(11-13)18(23)24)20-17(22)12-4-3-5-14(10-12)27(25,26)21-8-1-2-9-21/h1-7,10-11H,8-9H2,(H,20,22)(H,23,24). The summed E-state index contributed by atoms with van der Waals surface area (Å²) in [5, 5.41) is 11.8. The lowest BCUT2D eigenvalue weighted by molar-refractivity contribution is 0.0698. The maximum atomic E-state index is 12.6. The highest BCUT2D eigenvalue weighted by Crippen LogP contribution is 2.22. The molecule has 140 valence electrons. The van der Waals surface area contributed by atoms with Crippen LogP contribution < -0.4 is 5.32 Å².